The summed E-state index contributed by atoms with van der Waals surface area (Å²) in [6, 6.07) is 29.5. The van der Waals surface area contributed by atoms with E-state index in [4.69, 9.17) is 9.84 Å². The highest BCUT2D eigenvalue weighted by molar-refractivity contribution is 5.60. The molecule has 4 heteroatoms. The molecular weight excluding hydrogens is 370 g/mol. The van der Waals surface area contributed by atoms with Crippen molar-refractivity contribution in [1.29, 1.82) is 0 Å². The number of ether oxygens (including phenoxy) is 1. The van der Waals surface area contributed by atoms with Gasteiger partial charge in [-0.1, -0.05) is 72.8 Å². The van der Waals surface area contributed by atoms with Crippen LogP contribution in [0.1, 0.15) is 28.3 Å². The fourth-order valence-corrected chi connectivity index (χ4v) is 4.38. The molecule has 0 amide bonds. The van der Waals surface area contributed by atoms with Gasteiger partial charge in [0.05, 0.1) is 12.8 Å². The molecule has 0 saturated heterocycles. The summed E-state index contributed by atoms with van der Waals surface area (Å²) < 4.78 is 7.62. The fourth-order valence-electron chi connectivity index (χ4n) is 4.38. The van der Waals surface area contributed by atoms with Crippen LogP contribution in [-0.2, 0) is 12.8 Å². The second kappa shape index (κ2) is 8.07. The summed E-state index contributed by atoms with van der Waals surface area (Å²) in [6.45, 7) is 0.941. The maximum absolute atomic E-state index is 5.60. The van der Waals surface area contributed by atoms with Crippen LogP contribution in [0.3, 0.4) is 0 Å². The highest BCUT2D eigenvalue weighted by atomic mass is 16.5. The molecule has 4 aromatic rings. The third-order valence-electron chi connectivity index (χ3n) is 5.85. The lowest BCUT2D eigenvalue weighted by Crippen LogP contribution is -2.09. The quantitative estimate of drug-likeness (QED) is 0.486. The molecule has 0 aliphatic carbocycles. The molecule has 2 heterocycles. The van der Waals surface area contributed by atoms with Gasteiger partial charge in [0.2, 0.25) is 0 Å². The van der Waals surface area contributed by atoms with E-state index in [1.807, 2.05) is 22.9 Å². The van der Waals surface area contributed by atoms with Crippen molar-refractivity contribution in [3.05, 3.63) is 107 Å². The zero-order valence-corrected chi connectivity index (χ0v) is 17.1. The van der Waals surface area contributed by atoms with Gasteiger partial charge in [-0.25, -0.2) is 4.68 Å². The molecule has 4 nitrogen and oxygen atoms in total. The maximum Gasteiger partial charge on any atom is 0.144 e. The van der Waals surface area contributed by atoms with Crippen molar-refractivity contribution in [1.82, 2.24) is 9.78 Å². The van der Waals surface area contributed by atoms with Crippen molar-refractivity contribution < 1.29 is 4.74 Å². The van der Waals surface area contributed by atoms with Crippen molar-refractivity contribution in [2.45, 2.75) is 18.8 Å². The Hall–Kier alpha value is -3.53. The monoisotopic (exact) mass is 395 g/mol. The highest BCUT2D eigenvalue weighted by Crippen LogP contribution is 2.36. The van der Waals surface area contributed by atoms with E-state index in [0.29, 0.717) is 0 Å². The summed E-state index contributed by atoms with van der Waals surface area (Å²) >= 11 is 0. The van der Waals surface area contributed by atoms with Crippen LogP contribution in [-0.4, -0.2) is 23.4 Å². The Kier molecular flexibility index (Phi) is 4.98. The molecule has 150 valence electrons. The largest absolute Gasteiger partial charge is 0.494 e. The molecule has 0 fully saturated rings. The van der Waals surface area contributed by atoms with E-state index >= 15 is 0 Å². The van der Waals surface area contributed by atoms with Crippen LogP contribution in [0, 0.1) is 0 Å². The van der Waals surface area contributed by atoms with Crippen LogP contribution in [0.25, 0.3) is 5.69 Å². The Morgan fingerprint density at radius 3 is 2.20 bits per heavy atom. The predicted molar refractivity (Wildman–Crippen MR) is 121 cm³/mol. The number of para-hydroxylation sites is 2. The topological polar surface area (TPSA) is 39.1 Å². The zero-order valence-electron chi connectivity index (χ0n) is 17.1. The first kappa shape index (κ1) is 18.5. The lowest BCUT2D eigenvalue weighted by Gasteiger charge is -2.17. The first-order valence-electron chi connectivity index (χ1n) is 10.4. The molecule has 3 aromatic carbocycles. The zero-order chi connectivity index (χ0) is 20.3. The summed E-state index contributed by atoms with van der Waals surface area (Å²) in [4.78, 5) is 0. The number of rotatable bonds is 6. The van der Waals surface area contributed by atoms with E-state index in [9.17, 15) is 0 Å². The SMILES string of the molecule is COc1ccccc1-n1nc(CC(c2ccccc2)c2ccccc2)c2c1NCC2. The molecule has 1 aromatic heterocycles. The minimum absolute atomic E-state index is 0.262. The van der Waals surface area contributed by atoms with Crippen molar-refractivity contribution in [3.63, 3.8) is 0 Å². The number of hydrogen-bond acceptors (Lipinski definition) is 3. The van der Waals surface area contributed by atoms with Crippen LogP contribution < -0.4 is 10.1 Å². The first-order valence-corrected chi connectivity index (χ1v) is 10.4. The summed E-state index contributed by atoms with van der Waals surface area (Å²) in [5.74, 6) is 2.18. The second-order valence-electron chi connectivity index (χ2n) is 7.61. The Bertz CT molecular complexity index is 1100. The number of anilines is 1. The second-order valence-corrected chi connectivity index (χ2v) is 7.61. The molecule has 0 unspecified atom stereocenters. The van der Waals surface area contributed by atoms with Gasteiger partial charge >= 0.3 is 0 Å². The van der Waals surface area contributed by atoms with Crippen molar-refractivity contribution in [2.24, 2.45) is 0 Å². The summed E-state index contributed by atoms with van der Waals surface area (Å²) in [6.07, 6.45) is 1.86. The maximum atomic E-state index is 5.60. The molecule has 0 saturated carbocycles. The Balaban J connectivity index is 1.59. The molecule has 0 bridgehead atoms. The standard InChI is InChI=1S/C26H25N3O/c1-30-25-15-9-8-14-24(25)29-26-21(16-17-27-26)23(28-29)18-22(19-10-4-2-5-11-19)20-12-6-3-7-13-20/h2-15,22,27H,16-18H2,1H3. The lowest BCUT2D eigenvalue weighted by atomic mass is 9.86. The van der Waals surface area contributed by atoms with Crippen molar-refractivity contribution >= 4 is 5.82 Å². The van der Waals surface area contributed by atoms with Crippen LogP contribution >= 0.6 is 0 Å². The average Bonchev–Trinajstić information content (AvgIpc) is 3.42. The number of aromatic nitrogens is 2. The molecule has 1 aliphatic rings. The number of nitrogens with zero attached hydrogens (tertiary/aromatic N) is 2. The Morgan fingerprint density at radius 1 is 0.900 bits per heavy atom. The van der Waals surface area contributed by atoms with Crippen LogP contribution in [0.2, 0.25) is 0 Å². The summed E-state index contributed by atoms with van der Waals surface area (Å²) in [5.41, 5.74) is 6.06. The number of methoxy groups -OCH3 is 1. The number of benzene rings is 3. The van der Waals surface area contributed by atoms with Gasteiger partial charge in [-0.15, -0.1) is 0 Å². The summed E-state index contributed by atoms with van der Waals surface area (Å²) in [5, 5.41) is 8.61. The van der Waals surface area contributed by atoms with Gasteiger partial charge in [-0.05, 0) is 29.7 Å². The van der Waals surface area contributed by atoms with E-state index < -0.39 is 0 Å². The van der Waals surface area contributed by atoms with Gasteiger partial charge in [-0.3, -0.25) is 0 Å². The normalized spacial score (nSPS) is 12.6. The summed E-state index contributed by atoms with van der Waals surface area (Å²) in [7, 11) is 1.71. The van der Waals surface area contributed by atoms with Crippen LogP contribution in [0.15, 0.2) is 84.9 Å². The van der Waals surface area contributed by atoms with Crippen LogP contribution in [0.5, 0.6) is 5.75 Å². The van der Waals surface area contributed by atoms with Gasteiger partial charge in [0.15, 0.2) is 0 Å². The minimum atomic E-state index is 0.262. The average molecular weight is 396 g/mol. The predicted octanol–water partition coefficient (Wildman–Crippen LogP) is 5.22. The van der Waals surface area contributed by atoms with Gasteiger partial charge in [0.1, 0.15) is 17.3 Å². The van der Waals surface area contributed by atoms with E-state index in [0.717, 1.165) is 42.3 Å². The van der Waals surface area contributed by atoms with E-state index in [-0.39, 0.29) is 5.92 Å². The van der Waals surface area contributed by atoms with Crippen molar-refractivity contribution in [2.75, 3.05) is 19.0 Å². The van der Waals surface area contributed by atoms with Gasteiger partial charge in [0, 0.05) is 24.4 Å². The minimum Gasteiger partial charge on any atom is -0.494 e. The number of hydrogen-bond donors (Lipinski definition) is 1. The van der Waals surface area contributed by atoms with Crippen LogP contribution in [0.4, 0.5) is 5.82 Å². The third-order valence-corrected chi connectivity index (χ3v) is 5.85. The number of nitrogens with one attached hydrogen (secondary N) is 1. The van der Waals surface area contributed by atoms with Gasteiger partial charge in [-0.2, -0.15) is 5.10 Å². The molecule has 1 aliphatic heterocycles. The van der Waals surface area contributed by atoms with E-state index in [2.05, 4.69) is 72.0 Å². The lowest BCUT2D eigenvalue weighted by molar-refractivity contribution is 0.412. The molecular formula is C26H25N3O. The first-order chi connectivity index (χ1) is 14.8. The highest BCUT2D eigenvalue weighted by Gasteiger charge is 2.27. The molecule has 0 atom stereocenters. The Morgan fingerprint density at radius 2 is 1.53 bits per heavy atom. The Labute approximate surface area is 177 Å². The molecule has 5 rings (SSSR count). The molecule has 0 radical (unpaired) electrons. The molecule has 1 N–H and O–H groups in total. The van der Waals surface area contributed by atoms with Crippen molar-refractivity contribution in [3.8, 4) is 11.4 Å². The smallest absolute Gasteiger partial charge is 0.144 e. The third kappa shape index (κ3) is 3.35. The fraction of sp³-hybridized carbons (Fsp3) is 0.192. The van der Waals surface area contributed by atoms with Gasteiger partial charge in [0.25, 0.3) is 0 Å². The molecule has 30 heavy (non-hydrogen) atoms. The van der Waals surface area contributed by atoms with E-state index in [1.54, 1.807) is 7.11 Å². The van der Waals surface area contributed by atoms with E-state index in [1.165, 1.54) is 16.7 Å². The van der Waals surface area contributed by atoms with Gasteiger partial charge < -0.3 is 10.1 Å². The number of fused-ring (bicyclic) bond motifs is 1. The molecule has 0 spiro atoms.